The van der Waals surface area contributed by atoms with Crippen LogP contribution in [0.5, 0.6) is 5.75 Å². The van der Waals surface area contributed by atoms with Gasteiger partial charge in [0.05, 0.1) is 6.61 Å². The fourth-order valence-electron chi connectivity index (χ4n) is 2.81. The number of carbonyl (C=O) groups excluding carboxylic acids is 2. The van der Waals surface area contributed by atoms with Gasteiger partial charge in [-0.05, 0) is 36.8 Å². The Bertz CT molecular complexity index is 559. The van der Waals surface area contributed by atoms with Crippen LogP contribution in [0.2, 0.25) is 0 Å². The van der Waals surface area contributed by atoms with Crippen molar-refractivity contribution in [3.63, 3.8) is 0 Å². The molecule has 1 aromatic rings. The van der Waals surface area contributed by atoms with Crippen molar-refractivity contribution in [1.29, 1.82) is 0 Å². The molecule has 0 aliphatic heterocycles. The third-order valence-corrected chi connectivity index (χ3v) is 4.71. The molecule has 25 heavy (non-hydrogen) atoms. The van der Waals surface area contributed by atoms with E-state index < -0.39 is 17.4 Å². The molecule has 0 spiro atoms. The molecule has 0 saturated heterocycles. The van der Waals surface area contributed by atoms with Crippen LogP contribution in [0.1, 0.15) is 78.2 Å². The number of hydrogen-bond acceptors (Lipinski definition) is 4. The van der Waals surface area contributed by atoms with Crippen molar-refractivity contribution in [3.05, 3.63) is 29.8 Å². The number of benzene rings is 1. The Morgan fingerprint density at radius 2 is 1.64 bits per heavy atom. The Kier molecular flexibility index (Phi) is 8.67. The summed E-state index contributed by atoms with van der Waals surface area (Å²) in [5.74, 6) is -0.248. The maximum absolute atomic E-state index is 12.9. The first-order chi connectivity index (χ1) is 11.9. The number of unbranched alkanes of at least 4 members (excludes halogenated alkanes) is 2. The monoisotopic (exact) mass is 348 g/mol. The molecule has 0 radical (unpaired) electrons. The average molecular weight is 348 g/mol. The summed E-state index contributed by atoms with van der Waals surface area (Å²) in [7, 11) is 0. The third-order valence-electron chi connectivity index (χ3n) is 4.71. The summed E-state index contributed by atoms with van der Waals surface area (Å²) >= 11 is 0. The first-order valence-corrected chi connectivity index (χ1v) is 9.41. The van der Waals surface area contributed by atoms with Crippen molar-refractivity contribution >= 4 is 11.9 Å². The summed E-state index contributed by atoms with van der Waals surface area (Å²) in [5, 5.41) is 0. The zero-order chi connectivity index (χ0) is 18.9. The minimum atomic E-state index is -1.24. The topological polar surface area (TPSA) is 52.6 Å². The molecule has 0 aromatic heterocycles. The normalized spacial score (nSPS) is 11.4. The van der Waals surface area contributed by atoms with Crippen molar-refractivity contribution in [2.45, 2.75) is 72.6 Å². The lowest BCUT2D eigenvalue weighted by atomic mass is 9.82. The maximum atomic E-state index is 12.9. The van der Waals surface area contributed by atoms with Crippen LogP contribution in [0.15, 0.2) is 24.3 Å². The predicted molar refractivity (Wildman–Crippen MR) is 99.7 cm³/mol. The van der Waals surface area contributed by atoms with E-state index in [2.05, 4.69) is 6.92 Å². The third kappa shape index (κ3) is 5.32. The van der Waals surface area contributed by atoms with Crippen LogP contribution < -0.4 is 4.74 Å². The lowest BCUT2D eigenvalue weighted by Crippen LogP contribution is -2.42. The second-order valence-corrected chi connectivity index (χ2v) is 6.71. The van der Waals surface area contributed by atoms with Gasteiger partial charge in [-0.1, -0.05) is 65.7 Å². The Balaban J connectivity index is 2.94. The van der Waals surface area contributed by atoms with E-state index in [-0.39, 0.29) is 5.92 Å². The standard InChI is InChI=1S/C21H32O4/c1-6-9-12-15-24-19(22)21(7-2,8-3)20(23)25-18-14-11-10-13-17(18)16(4)5/h10-11,13-14,16H,6-9,12,15H2,1-5H3. The zero-order valence-electron chi connectivity index (χ0n) is 16.3. The van der Waals surface area contributed by atoms with Gasteiger partial charge in [-0.15, -0.1) is 0 Å². The molecule has 1 aromatic carbocycles. The number of ether oxygens (including phenoxy) is 2. The number of esters is 2. The number of rotatable bonds is 10. The lowest BCUT2D eigenvalue weighted by Gasteiger charge is -2.27. The van der Waals surface area contributed by atoms with Crippen LogP contribution in [-0.2, 0) is 14.3 Å². The van der Waals surface area contributed by atoms with Gasteiger partial charge < -0.3 is 9.47 Å². The van der Waals surface area contributed by atoms with Gasteiger partial charge in [-0.3, -0.25) is 9.59 Å². The number of carbonyl (C=O) groups is 2. The van der Waals surface area contributed by atoms with Gasteiger partial charge >= 0.3 is 11.9 Å². The van der Waals surface area contributed by atoms with Crippen LogP contribution in [0.3, 0.4) is 0 Å². The quantitative estimate of drug-likeness (QED) is 0.251. The van der Waals surface area contributed by atoms with E-state index in [0.29, 0.717) is 25.2 Å². The molecule has 0 N–H and O–H groups in total. The molecule has 0 saturated carbocycles. The SMILES string of the molecule is CCCCCOC(=O)C(CC)(CC)C(=O)Oc1ccccc1C(C)C. The van der Waals surface area contributed by atoms with Gasteiger partial charge in [0.2, 0.25) is 0 Å². The van der Waals surface area contributed by atoms with Crippen LogP contribution in [0.25, 0.3) is 0 Å². The summed E-state index contributed by atoms with van der Waals surface area (Å²) in [5.41, 5.74) is -0.288. The molecule has 0 aliphatic rings. The highest BCUT2D eigenvalue weighted by atomic mass is 16.6. The van der Waals surface area contributed by atoms with Gasteiger partial charge in [0.1, 0.15) is 5.75 Å². The van der Waals surface area contributed by atoms with E-state index in [1.165, 1.54) is 0 Å². The predicted octanol–water partition coefficient (Wildman–Crippen LogP) is 5.26. The molecule has 0 heterocycles. The molecule has 140 valence electrons. The van der Waals surface area contributed by atoms with Crippen molar-refractivity contribution in [2.24, 2.45) is 5.41 Å². The summed E-state index contributed by atoms with van der Waals surface area (Å²) in [6.45, 7) is 10.2. The van der Waals surface area contributed by atoms with Gasteiger partial charge in [-0.2, -0.15) is 0 Å². The largest absolute Gasteiger partial charge is 0.465 e. The van der Waals surface area contributed by atoms with E-state index in [1.807, 2.05) is 45.9 Å². The Labute approximate surface area is 151 Å². The van der Waals surface area contributed by atoms with Crippen molar-refractivity contribution < 1.29 is 19.1 Å². The first-order valence-electron chi connectivity index (χ1n) is 9.41. The second-order valence-electron chi connectivity index (χ2n) is 6.71. The van der Waals surface area contributed by atoms with Gasteiger partial charge in [0.15, 0.2) is 5.41 Å². The Morgan fingerprint density at radius 3 is 2.20 bits per heavy atom. The average Bonchev–Trinajstić information content (AvgIpc) is 2.60. The second kappa shape index (κ2) is 10.2. The molecular formula is C21H32O4. The first kappa shape index (κ1) is 21.2. The molecular weight excluding hydrogens is 316 g/mol. The maximum Gasteiger partial charge on any atom is 0.328 e. The van der Waals surface area contributed by atoms with Crippen LogP contribution in [-0.4, -0.2) is 18.5 Å². The van der Waals surface area contributed by atoms with Crippen LogP contribution in [0, 0.1) is 5.41 Å². The number of hydrogen-bond donors (Lipinski definition) is 0. The Morgan fingerprint density at radius 1 is 1.00 bits per heavy atom. The van der Waals surface area contributed by atoms with Gasteiger partial charge in [-0.25, -0.2) is 0 Å². The fourth-order valence-corrected chi connectivity index (χ4v) is 2.81. The molecule has 4 heteroatoms. The minimum Gasteiger partial charge on any atom is -0.465 e. The molecule has 4 nitrogen and oxygen atoms in total. The summed E-state index contributed by atoms with van der Waals surface area (Å²) in [6, 6.07) is 7.46. The summed E-state index contributed by atoms with van der Waals surface area (Å²) in [6.07, 6.45) is 3.59. The lowest BCUT2D eigenvalue weighted by molar-refractivity contribution is -0.168. The highest BCUT2D eigenvalue weighted by Gasteiger charge is 2.46. The summed E-state index contributed by atoms with van der Waals surface area (Å²) < 4.78 is 11.1. The highest BCUT2D eigenvalue weighted by Crippen LogP contribution is 2.33. The minimum absolute atomic E-state index is 0.225. The molecule has 0 fully saturated rings. The van der Waals surface area contributed by atoms with Crippen molar-refractivity contribution in [2.75, 3.05) is 6.61 Å². The molecule has 1 rings (SSSR count). The van der Waals surface area contributed by atoms with E-state index in [4.69, 9.17) is 9.47 Å². The van der Waals surface area contributed by atoms with E-state index in [1.54, 1.807) is 6.07 Å². The Hall–Kier alpha value is -1.84. The zero-order valence-corrected chi connectivity index (χ0v) is 16.3. The van der Waals surface area contributed by atoms with Crippen LogP contribution >= 0.6 is 0 Å². The van der Waals surface area contributed by atoms with Crippen LogP contribution in [0.4, 0.5) is 0 Å². The van der Waals surface area contributed by atoms with E-state index in [0.717, 1.165) is 24.8 Å². The molecule has 0 bridgehead atoms. The highest BCUT2D eigenvalue weighted by molar-refractivity contribution is 6.00. The van der Waals surface area contributed by atoms with Crippen molar-refractivity contribution in [1.82, 2.24) is 0 Å². The number of para-hydroxylation sites is 1. The fraction of sp³-hybridized carbons (Fsp3) is 0.619. The summed E-state index contributed by atoms with van der Waals surface area (Å²) in [4.78, 5) is 25.5. The molecule has 0 unspecified atom stereocenters. The smallest absolute Gasteiger partial charge is 0.328 e. The molecule has 0 amide bonds. The molecule has 0 atom stereocenters. The van der Waals surface area contributed by atoms with E-state index in [9.17, 15) is 9.59 Å². The van der Waals surface area contributed by atoms with Gasteiger partial charge in [0.25, 0.3) is 0 Å². The van der Waals surface area contributed by atoms with E-state index >= 15 is 0 Å². The van der Waals surface area contributed by atoms with Gasteiger partial charge in [0, 0.05) is 0 Å². The molecule has 0 aliphatic carbocycles. The van der Waals surface area contributed by atoms with Crippen molar-refractivity contribution in [3.8, 4) is 5.75 Å².